The SMILES string of the molecule is C=C(Sc1ccccc1N)c1ccc(-c2ccccc2)cc1. The number of rotatable bonds is 4. The van der Waals surface area contributed by atoms with Crippen molar-refractivity contribution in [1.82, 2.24) is 0 Å². The van der Waals surface area contributed by atoms with Gasteiger partial charge in [-0.05, 0) is 28.8 Å². The lowest BCUT2D eigenvalue weighted by molar-refractivity contribution is 1.47. The van der Waals surface area contributed by atoms with Crippen LogP contribution in [-0.2, 0) is 0 Å². The van der Waals surface area contributed by atoms with Gasteiger partial charge in [-0.15, -0.1) is 0 Å². The molecular formula is C20H17NS. The van der Waals surface area contributed by atoms with Crippen molar-refractivity contribution in [2.45, 2.75) is 4.90 Å². The fourth-order valence-electron chi connectivity index (χ4n) is 2.24. The molecule has 0 amide bonds. The summed E-state index contributed by atoms with van der Waals surface area (Å²) in [4.78, 5) is 2.04. The van der Waals surface area contributed by atoms with E-state index in [0.717, 1.165) is 21.1 Å². The smallest absolute Gasteiger partial charge is 0.0455 e. The van der Waals surface area contributed by atoms with Crippen LogP contribution in [-0.4, -0.2) is 0 Å². The van der Waals surface area contributed by atoms with Crippen molar-refractivity contribution in [2.75, 3.05) is 5.73 Å². The summed E-state index contributed by atoms with van der Waals surface area (Å²) in [6.07, 6.45) is 0. The molecule has 0 aromatic heterocycles. The monoisotopic (exact) mass is 303 g/mol. The Labute approximate surface area is 135 Å². The lowest BCUT2D eigenvalue weighted by Gasteiger charge is -2.09. The lowest BCUT2D eigenvalue weighted by atomic mass is 10.0. The van der Waals surface area contributed by atoms with E-state index in [0.29, 0.717) is 0 Å². The summed E-state index contributed by atoms with van der Waals surface area (Å²) in [5.41, 5.74) is 10.3. The minimum Gasteiger partial charge on any atom is -0.398 e. The Hall–Kier alpha value is -2.45. The number of para-hydroxylation sites is 1. The minimum absolute atomic E-state index is 0.787. The first-order chi connectivity index (χ1) is 10.7. The van der Waals surface area contributed by atoms with Crippen LogP contribution in [0, 0.1) is 0 Å². The van der Waals surface area contributed by atoms with E-state index in [1.54, 1.807) is 11.8 Å². The number of anilines is 1. The lowest BCUT2D eigenvalue weighted by Crippen LogP contribution is -1.87. The van der Waals surface area contributed by atoms with Crippen LogP contribution in [0.25, 0.3) is 16.0 Å². The third-order valence-corrected chi connectivity index (χ3v) is 4.54. The second kappa shape index (κ2) is 6.54. The Balaban J connectivity index is 1.78. The Morgan fingerprint density at radius 1 is 0.727 bits per heavy atom. The van der Waals surface area contributed by atoms with Crippen LogP contribution in [0.4, 0.5) is 5.69 Å². The first-order valence-electron chi connectivity index (χ1n) is 7.11. The summed E-state index contributed by atoms with van der Waals surface area (Å²) < 4.78 is 0. The largest absolute Gasteiger partial charge is 0.398 e. The number of hydrogen-bond acceptors (Lipinski definition) is 2. The molecule has 22 heavy (non-hydrogen) atoms. The van der Waals surface area contributed by atoms with E-state index < -0.39 is 0 Å². The first kappa shape index (κ1) is 14.5. The van der Waals surface area contributed by atoms with E-state index in [4.69, 9.17) is 5.73 Å². The minimum atomic E-state index is 0.787. The normalized spacial score (nSPS) is 10.4. The zero-order valence-electron chi connectivity index (χ0n) is 12.2. The fraction of sp³-hybridized carbons (Fsp3) is 0. The molecule has 3 aromatic rings. The predicted molar refractivity (Wildman–Crippen MR) is 97.6 cm³/mol. The highest BCUT2D eigenvalue weighted by atomic mass is 32.2. The zero-order valence-corrected chi connectivity index (χ0v) is 13.0. The average Bonchev–Trinajstić information content (AvgIpc) is 2.58. The maximum atomic E-state index is 5.99. The van der Waals surface area contributed by atoms with Crippen LogP contribution in [0.1, 0.15) is 5.56 Å². The van der Waals surface area contributed by atoms with Crippen LogP contribution < -0.4 is 5.73 Å². The molecule has 2 N–H and O–H groups in total. The molecule has 0 saturated carbocycles. The molecule has 3 rings (SSSR count). The molecule has 108 valence electrons. The summed E-state index contributed by atoms with van der Waals surface area (Å²) in [5, 5.41) is 0. The Morgan fingerprint density at radius 3 is 2.00 bits per heavy atom. The van der Waals surface area contributed by atoms with Crippen LogP contribution in [0.5, 0.6) is 0 Å². The van der Waals surface area contributed by atoms with Gasteiger partial charge in [0.05, 0.1) is 0 Å². The quantitative estimate of drug-likeness (QED) is 0.494. The van der Waals surface area contributed by atoms with Gasteiger partial charge < -0.3 is 5.73 Å². The third-order valence-electron chi connectivity index (χ3n) is 3.47. The van der Waals surface area contributed by atoms with Crippen molar-refractivity contribution >= 4 is 22.4 Å². The standard InChI is InChI=1S/C20H17NS/c1-15(22-20-10-6-5-9-19(20)21)16-11-13-18(14-12-16)17-7-3-2-4-8-17/h2-14H,1,21H2. The Morgan fingerprint density at radius 2 is 1.32 bits per heavy atom. The van der Waals surface area contributed by atoms with Gasteiger partial charge in [-0.25, -0.2) is 0 Å². The molecule has 0 fully saturated rings. The molecule has 0 bridgehead atoms. The summed E-state index contributed by atoms with van der Waals surface area (Å²) in [5.74, 6) is 0. The van der Waals surface area contributed by atoms with Crippen molar-refractivity contribution in [3.8, 4) is 11.1 Å². The summed E-state index contributed by atoms with van der Waals surface area (Å²) in [6, 6.07) is 26.7. The number of nitrogen functional groups attached to an aromatic ring is 1. The maximum Gasteiger partial charge on any atom is 0.0455 e. The van der Waals surface area contributed by atoms with E-state index in [1.165, 1.54) is 11.1 Å². The van der Waals surface area contributed by atoms with Crippen molar-refractivity contribution in [3.63, 3.8) is 0 Å². The van der Waals surface area contributed by atoms with Crippen LogP contribution >= 0.6 is 11.8 Å². The van der Waals surface area contributed by atoms with E-state index in [9.17, 15) is 0 Å². The zero-order chi connectivity index (χ0) is 15.4. The molecule has 1 nitrogen and oxygen atoms in total. The van der Waals surface area contributed by atoms with E-state index in [2.05, 4.69) is 55.1 Å². The third kappa shape index (κ3) is 3.23. The van der Waals surface area contributed by atoms with Gasteiger partial charge in [0.25, 0.3) is 0 Å². The highest BCUT2D eigenvalue weighted by Crippen LogP contribution is 2.36. The molecule has 3 aromatic carbocycles. The Kier molecular flexibility index (Phi) is 4.31. The van der Waals surface area contributed by atoms with Crippen LogP contribution in [0.3, 0.4) is 0 Å². The molecule has 2 heteroatoms. The van der Waals surface area contributed by atoms with Gasteiger partial charge in [-0.2, -0.15) is 0 Å². The van der Waals surface area contributed by atoms with E-state index in [1.807, 2.05) is 30.3 Å². The van der Waals surface area contributed by atoms with Crippen molar-refractivity contribution in [3.05, 3.63) is 91.0 Å². The molecule has 0 spiro atoms. The number of benzene rings is 3. The topological polar surface area (TPSA) is 26.0 Å². The molecule has 0 unspecified atom stereocenters. The summed E-state index contributed by atoms with van der Waals surface area (Å²) in [7, 11) is 0. The van der Waals surface area contributed by atoms with E-state index in [-0.39, 0.29) is 0 Å². The molecule has 0 aliphatic carbocycles. The Bertz CT molecular complexity index is 776. The van der Waals surface area contributed by atoms with Gasteiger partial charge in [0, 0.05) is 15.5 Å². The second-order valence-corrected chi connectivity index (χ2v) is 6.14. The fourth-order valence-corrected chi connectivity index (χ4v) is 3.10. The molecule has 0 saturated heterocycles. The van der Waals surface area contributed by atoms with Crippen molar-refractivity contribution < 1.29 is 0 Å². The molecule has 0 aliphatic rings. The van der Waals surface area contributed by atoms with Gasteiger partial charge in [-0.1, -0.05) is 85.1 Å². The molecule has 0 atom stereocenters. The number of nitrogens with two attached hydrogens (primary N) is 1. The molecular weight excluding hydrogens is 286 g/mol. The predicted octanol–water partition coefficient (Wildman–Crippen LogP) is 5.70. The summed E-state index contributed by atoms with van der Waals surface area (Å²) >= 11 is 1.61. The van der Waals surface area contributed by atoms with Crippen molar-refractivity contribution in [1.29, 1.82) is 0 Å². The second-order valence-electron chi connectivity index (χ2n) is 5.01. The van der Waals surface area contributed by atoms with Gasteiger partial charge in [-0.3, -0.25) is 0 Å². The highest BCUT2D eigenvalue weighted by Gasteiger charge is 2.05. The van der Waals surface area contributed by atoms with Gasteiger partial charge in [0.15, 0.2) is 0 Å². The molecule has 0 radical (unpaired) electrons. The average molecular weight is 303 g/mol. The number of thioether (sulfide) groups is 1. The van der Waals surface area contributed by atoms with E-state index >= 15 is 0 Å². The summed E-state index contributed by atoms with van der Waals surface area (Å²) in [6.45, 7) is 4.17. The van der Waals surface area contributed by atoms with Crippen LogP contribution in [0.2, 0.25) is 0 Å². The van der Waals surface area contributed by atoms with Gasteiger partial charge >= 0.3 is 0 Å². The first-order valence-corrected chi connectivity index (χ1v) is 7.93. The van der Waals surface area contributed by atoms with Gasteiger partial charge in [0.2, 0.25) is 0 Å². The maximum absolute atomic E-state index is 5.99. The van der Waals surface area contributed by atoms with Gasteiger partial charge in [0.1, 0.15) is 0 Å². The number of hydrogen-bond donors (Lipinski definition) is 1. The molecule has 0 aliphatic heterocycles. The van der Waals surface area contributed by atoms with Crippen LogP contribution in [0.15, 0.2) is 90.3 Å². The highest BCUT2D eigenvalue weighted by molar-refractivity contribution is 8.08. The van der Waals surface area contributed by atoms with Crippen molar-refractivity contribution in [2.24, 2.45) is 0 Å². The molecule has 0 heterocycles.